The highest BCUT2D eigenvalue weighted by Crippen LogP contribution is 2.34. The molecule has 2 saturated heterocycles. The summed E-state index contributed by atoms with van der Waals surface area (Å²) in [6.07, 6.45) is 8.17. The minimum Gasteiger partial charge on any atom is -0.384 e. The first-order valence-electron chi connectivity index (χ1n) is 17.1. The van der Waals surface area contributed by atoms with Gasteiger partial charge in [0.05, 0.1) is 35.2 Å². The van der Waals surface area contributed by atoms with Gasteiger partial charge in [-0.1, -0.05) is 49.5 Å². The zero-order chi connectivity index (χ0) is 35.6. The Bertz CT molecular complexity index is 1810. The lowest BCUT2D eigenvalue weighted by atomic mass is 9.84. The smallest absolute Gasteiger partial charge is 0.287 e. The van der Waals surface area contributed by atoms with Gasteiger partial charge in [-0.05, 0) is 32.3 Å². The molecule has 0 radical (unpaired) electrons. The number of nitrogens with one attached hydrogen (secondary N) is 2. The van der Waals surface area contributed by atoms with Crippen molar-refractivity contribution in [3.8, 4) is 0 Å². The lowest BCUT2D eigenvalue weighted by Crippen LogP contribution is -2.63. The molecule has 5 N–H and O–H groups in total. The number of nitrogens with zero attached hydrogens (tertiary/aromatic N) is 6. The van der Waals surface area contributed by atoms with E-state index in [1.165, 1.54) is 15.8 Å². The quantitative estimate of drug-likeness (QED) is 0.177. The Balaban J connectivity index is 1.38. The van der Waals surface area contributed by atoms with Gasteiger partial charge in [-0.15, -0.1) is 5.10 Å². The van der Waals surface area contributed by atoms with Gasteiger partial charge in [0.2, 0.25) is 11.7 Å². The molecule has 2 aromatic heterocycles. The van der Waals surface area contributed by atoms with Gasteiger partial charge in [-0.3, -0.25) is 29.1 Å². The van der Waals surface area contributed by atoms with Gasteiger partial charge in [0.25, 0.3) is 17.7 Å². The van der Waals surface area contributed by atoms with E-state index in [9.17, 15) is 29.1 Å². The first-order chi connectivity index (χ1) is 23.9. The molecular formula is C34H43N9O7. The minimum atomic E-state index is -1.60. The van der Waals surface area contributed by atoms with E-state index in [2.05, 4.69) is 30.8 Å². The van der Waals surface area contributed by atoms with E-state index in [1.807, 2.05) is 0 Å². The lowest BCUT2D eigenvalue weighted by molar-refractivity contribution is -0.146. The Kier molecular flexibility index (Phi) is 9.94. The third-order valence-corrected chi connectivity index (χ3v) is 10.2. The number of hydrogen-bond donors (Lipinski definition) is 4. The zero-order valence-corrected chi connectivity index (χ0v) is 28.3. The van der Waals surface area contributed by atoms with Gasteiger partial charge < -0.3 is 25.8 Å². The summed E-state index contributed by atoms with van der Waals surface area (Å²) >= 11 is 0. The maximum Gasteiger partial charge on any atom is 0.287 e. The Morgan fingerprint density at radius 2 is 1.86 bits per heavy atom. The first-order valence-corrected chi connectivity index (χ1v) is 17.1. The van der Waals surface area contributed by atoms with Gasteiger partial charge in [-0.2, -0.15) is 5.10 Å². The third-order valence-electron chi connectivity index (χ3n) is 10.2. The average molecular weight is 690 g/mol. The van der Waals surface area contributed by atoms with Crippen LogP contribution in [0.25, 0.3) is 10.9 Å². The van der Waals surface area contributed by atoms with Crippen molar-refractivity contribution in [2.45, 2.75) is 94.9 Å². The fourth-order valence-corrected chi connectivity index (χ4v) is 7.44. The Labute approximate surface area is 288 Å². The first kappa shape index (κ1) is 35.0. The van der Waals surface area contributed by atoms with Crippen LogP contribution >= 0.6 is 0 Å². The molecule has 16 heteroatoms. The normalized spacial score (nSPS) is 21.7. The number of ketones is 1. The molecule has 0 unspecified atom stereocenters. The number of nitrogens with two attached hydrogens (primary N) is 1. The van der Waals surface area contributed by atoms with Crippen LogP contribution in [-0.4, -0.2) is 102 Å². The van der Waals surface area contributed by atoms with Crippen molar-refractivity contribution in [3.05, 3.63) is 41.9 Å². The predicted octanol–water partition coefficient (Wildman–Crippen LogP) is 1.50. The molecule has 3 aromatic rings. The topological polar surface area (TPSA) is 228 Å². The fraction of sp³-hybridized carbons (Fsp3) is 0.559. The molecule has 1 aromatic carbocycles. The molecule has 266 valence electrons. The molecule has 1 aliphatic carbocycles. The molecule has 50 heavy (non-hydrogen) atoms. The van der Waals surface area contributed by atoms with E-state index in [1.54, 1.807) is 38.2 Å². The number of primary amides is 1. The minimum absolute atomic E-state index is 0.0205. The second-order valence-electron chi connectivity index (χ2n) is 14.1. The van der Waals surface area contributed by atoms with Gasteiger partial charge in [0.15, 0.2) is 0 Å². The summed E-state index contributed by atoms with van der Waals surface area (Å²) in [6.45, 7) is 3.36. The van der Waals surface area contributed by atoms with E-state index in [-0.39, 0.29) is 62.6 Å². The van der Waals surface area contributed by atoms with Crippen molar-refractivity contribution >= 4 is 46.0 Å². The molecule has 4 amide bonds. The van der Waals surface area contributed by atoms with Crippen LogP contribution in [0.4, 0.5) is 0 Å². The second-order valence-corrected chi connectivity index (χ2v) is 14.1. The summed E-state index contributed by atoms with van der Waals surface area (Å²) in [5.41, 5.74) is 3.62. The van der Waals surface area contributed by atoms with Crippen LogP contribution in [-0.2, 0) is 29.5 Å². The molecule has 4 heterocycles. The lowest BCUT2D eigenvalue weighted by Gasteiger charge is -2.37. The Morgan fingerprint density at radius 3 is 2.56 bits per heavy atom. The van der Waals surface area contributed by atoms with Crippen molar-refractivity contribution in [1.82, 2.24) is 35.4 Å². The van der Waals surface area contributed by atoms with Crippen LogP contribution < -0.4 is 11.1 Å². The molecule has 6 rings (SSSR count). The average Bonchev–Trinajstić information content (AvgIpc) is 3.88. The Morgan fingerprint density at radius 1 is 1.12 bits per heavy atom. The van der Waals surface area contributed by atoms with Gasteiger partial charge in [-0.25, -0.2) is 9.67 Å². The maximum atomic E-state index is 14.7. The van der Waals surface area contributed by atoms with Crippen molar-refractivity contribution < 1.29 is 33.8 Å². The van der Waals surface area contributed by atoms with E-state index in [0.717, 1.165) is 32.1 Å². The number of hydrogen-bond acceptors (Lipinski definition) is 10. The van der Waals surface area contributed by atoms with Crippen molar-refractivity contribution in [3.63, 3.8) is 0 Å². The number of likely N-dealkylation sites (tertiary alicyclic amines) is 1. The number of rotatable bonds is 10. The Hall–Kier alpha value is -4.83. The van der Waals surface area contributed by atoms with E-state index >= 15 is 0 Å². The number of ether oxygens (including phenoxy) is 1. The van der Waals surface area contributed by atoms with Crippen molar-refractivity contribution in [1.29, 1.82) is 0 Å². The van der Waals surface area contributed by atoms with Crippen LogP contribution in [0.15, 0.2) is 35.6 Å². The molecule has 2 atom stereocenters. The number of amides is 4. The number of carbonyl (C=O) groups is 5. The standard InChI is InChI=1S/C34H43N9O7/c1-33(2,49)26-18-37-41-43(26)22-16-25(31(47)39-34(28(44)29(35)45)11-13-50-14-12-34)42(19-22)32(48)24(15-20-7-4-3-5-8-20)38-30(46)23-10-6-9-21-17-36-40-27(21)23/h6,9-10,17-18,20,22,25,49H,3-5,7-8,11-16,19H2,1-2H3,(H2,35,45)(H,36,40)(H,39,47)/b38-24+/t22-,25-/m0/s1. The highest BCUT2D eigenvalue weighted by molar-refractivity contribution is 6.41. The molecule has 3 aliphatic rings. The van der Waals surface area contributed by atoms with Crippen LogP contribution in [0, 0.1) is 5.92 Å². The van der Waals surface area contributed by atoms with Gasteiger partial charge in [0, 0.05) is 44.4 Å². The number of aromatic amines is 1. The molecule has 2 aliphatic heterocycles. The summed E-state index contributed by atoms with van der Waals surface area (Å²) < 4.78 is 6.91. The highest BCUT2D eigenvalue weighted by Gasteiger charge is 2.49. The number of para-hydroxylation sites is 1. The molecular weight excluding hydrogens is 646 g/mol. The third kappa shape index (κ3) is 7.07. The summed E-state index contributed by atoms with van der Waals surface area (Å²) in [5, 5.41) is 29.4. The number of carbonyl (C=O) groups excluding carboxylic acids is 5. The summed E-state index contributed by atoms with van der Waals surface area (Å²) in [5.74, 6) is -3.91. The monoisotopic (exact) mass is 689 g/mol. The summed E-state index contributed by atoms with van der Waals surface area (Å²) in [4.78, 5) is 73.7. The number of aromatic nitrogens is 5. The number of H-pyrrole nitrogens is 1. The van der Waals surface area contributed by atoms with Gasteiger partial charge >= 0.3 is 0 Å². The molecule has 16 nitrogen and oxygen atoms in total. The largest absolute Gasteiger partial charge is 0.384 e. The summed E-state index contributed by atoms with van der Waals surface area (Å²) in [6, 6.07) is 3.37. The molecule has 1 saturated carbocycles. The molecule has 0 bridgehead atoms. The SMILES string of the molecule is CC(C)(O)c1cnnn1[C@H]1C[C@@H](C(=O)NC2(C(=O)C(N)=O)CCOCC2)N(C(=O)/C(CC2CCCCC2)=N/C(=O)c2cccc3cn[nH]c23)C1. The van der Waals surface area contributed by atoms with Crippen LogP contribution in [0.1, 0.15) is 93.7 Å². The van der Waals surface area contributed by atoms with E-state index in [4.69, 9.17) is 10.5 Å². The van der Waals surface area contributed by atoms with Crippen LogP contribution in [0.2, 0.25) is 0 Å². The highest BCUT2D eigenvalue weighted by atomic mass is 16.5. The molecule has 0 spiro atoms. The number of aliphatic imine (C=N–C) groups is 1. The predicted molar refractivity (Wildman–Crippen MR) is 179 cm³/mol. The number of aliphatic hydroxyl groups is 1. The zero-order valence-electron chi connectivity index (χ0n) is 28.3. The van der Waals surface area contributed by atoms with Crippen LogP contribution in [0.3, 0.4) is 0 Å². The fourth-order valence-electron chi connectivity index (χ4n) is 7.44. The second kappa shape index (κ2) is 14.2. The summed E-state index contributed by atoms with van der Waals surface area (Å²) in [7, 11) is 0. The van der Waals surface area contributed by atoms with Crippen LogP contribution in [0.5, 0.6) is 0 Å². The number of benzene rings is 1. The van der Waals surface area contributed by atoms with Crippen molar-refractivity contribution in [2.75, 3.05) is 19.8 Å². The van der Waals surface area contributed by atoms with Gasteiger partial charge in [0.1, 0.15) is 22.9 Å². The number of fused-ring (bicyclic) bond motifs is 1. The molecule has 3 fully saturated rings. The maximum absolute atomic E-state index is 14.7. The number of Topliss-reactive ketones (excluding diaryl/α,β-unsaturated/α-hetero) is 1. The van der Waals surface area contributed by atoms with E-state index < -0.39 is 52.6 Å². The van der Waals surface area contributed by atoms with Crippen molar-refractivity contribution in [2.24, 2.45) is 16.6 Å². The van der Waals surface area contributed by atoms with E-state index in [0.29, 0.717) is 16.6 Å².